The predicted octanol–water partition coefficient (Wildman–Crippen LogP) is 0.683. The average molecular weight is 255 g/mol. The van der Waals surface area contributed by atoms with Gasteiger partial charge in [0.1, 0.15) is 4.75 Å². The number of aliphatic hydroxyl groups excluding tert-OH is 1. The van der Waals surface area contributed by atoms with E-state index in [2.05, 4.69) is 5.32 Å². The van der Waals surface area contributed by atoms with Gasteiger partial charge in [-0.15, -0.1) is 0 Å². The number of fused-ring (bicyclic) bond motifs is 1. The van der Waals surface area contributed by atoms with Gasteiger partial charge in [0.2, 0.25) is 5.91 Å². The lowest BCUT2D eigenvalue weighted by molar-refractivity contribution is -0.118. The van der Waals surface area contributed by atoms with Crippen LogP contribution in [-0.2, 0) is 21.2 Å². The van der Waals surface area contributed by atoms with Crippen molar-refractivity contribution in [2.45, 2.75) is 30.1 Å². The molecule has 0 unspecified atom stereocenters. The first kappa shape index (κ1) is 12.1. The molecular weight excluding hydrogens is 242 g/mol. The summed E-state index contributed by atoms with van der Waals surface area (Å²) >= 11 is 0. The molecule has 0 radical (unpaired) electrons. The van der Waals surface area contributed by atoms with Crippen LogP contribution >= 0.6 is 0 Å². The number of carbonyl (C=O) groups is 1. The summed E-state index contributed by atoms with van der Waals surface area (Å²) in [6.07, 6.45) is 0. The number of carbonyl (C=O) groups excluding carboxylic acids is 1. The number of rotatable bonds is 1. The van der Waals surface area contributed by atoms with Crippen LogP contribution in [0.3, 0.4) is 0 Å². The number of para-hydroxylation sites is 1. The van der Waals surface area contributed by atoms with Crippen LogP contribution in [0.1, 0.15) is 19.4 Å². The van der Waals surface area contributed by atoms with E-state index >= 15 is 0 Å². The Bertz CT molecular complexity index is 589. The summed E-state index contributed by atoms with van der Waals surface area (Å²) in [6, 6.07) is 4.56. The van der Waals surface area contributed by atoms with Crippen LogP contribution in [0.5, 0.6) is 0 Å². The maximum Gasteiger partial charge on any atom is 0.245 e. The van der Waals surface area contributed by atoms with Crippen molar-refractivity contribution < 1.29 is 18.3 Å². The molecule has 0 aromatic heterocycles. The van der Waals surface area contributed by atoms with E-state index in [0.717, 1.165) is 0 Å². The first-order valence-electron chi connectivity index (χ1n) is 5.11. The molecule has 92 valence electrons. The van der Waals surface area contributed by atoms with Crippen LogP contribution in [0.15, 0.2) is 23.1 Å². The average Bonchev–Trinajstić information content (AvgIpc) is 2.27. The van der Waals surface area contributed by atoms with E-state index in [0.29, 0.717) is 5.56 Å². The van der Waals surface area contributed by atoms with Gasteiger partial charge in [0, 0.05) is 5.56 Å². The highest BCUT2D eigenvalue weighted by Crippen LogP contribution is 2.38. The lowest BCUT2D eigenvalue weighted by atomic mass is 10.1. The van der Waals surface area contributed by atoms with Crippen LogP contribution in [0.2, 0.25) is 0 Å². The van der Waals surface area contributed by atoms with Crippen LogP contribution < -0.4 is 5.32 Å². The molecule has 0 bridgehead atoms. The highest BCUT2D eigenvalue weighted by Gasteiger charge is 2.48. The van der Waals surface area contributed by atoms with Gasteiger partial charge in [-0.25, -0.2) is 8.42 Å². The van der Waals surface area contributed by atoms with Crippen molar-refractivity contribution in [3.8, 4) is 0 Å². The molecule has 2 N–H and O–H groups in total. The Kier molecular flexibility index (Phi) is 2.52. The zero-order valence-electron chi connectivity index (χ0n) is 9.52. The number of amides is 1. The van der Waals surface area contributed by atoms with Gasteiger partial charge >= 0.3 is 0 Å². The fourth-order valence-corrected chi connectivity index (χ4v) is 3.29. The largest absolute Gasteiger partial charge is 0.392 e. The molecule has 1 aliphatic heterocycles. The maximum absolute atomic E-state index is 12.3. The Hall–Kier alpha value is -1.40. The molecule has 17 heavy (non-hydrogen) atoms. The fraction of sp³-hybridized carbons (Fsp3) is 0.364. The number of anilines is 1. The summed E-state index contributed by atoms with van der Waals surface area (Å²) < 4.78 is 23.0. The third-order valence-corrected chi connectivity index (χ3v) is 5.48. The number of sulfone groups is 1. The maximum atomic E-state index is 12.3. The van der Waals surface area contributed by atoms with Crippen molar-refractivity contribution in [2.75, 3.05) is 5.32 Å². The molecule has 1 aliphatic rings. The van der Waals surface area contributed by atoms with Gasteiger partial charge in [0.05, 0.1) is 17.2 Å². The Morgan fingerprint density at radius 2 is 2.00 bits per heavy atom. The summed E-state index contributed by atoms with van der Waals surface area (Å²) in [5.41, 5.74) is 0.592. The molecule has 1 heterocycles. The Morgan fingerprint density at radius 3 is 2.59 bits per heavy atom. The van der Waals surface area contributed by atoms with Gasteiger partial charge in [0.15, 0.2) is 9.84 Å². The minimum atomic E-state index is -3.73. The third kappa shape index (κ3) is 1.48. The second-order valence-corrected chi connectivity index (χ2v) is 6.88. The lowest BCUT2D eigenvalue weighted by Gasteiger charge is -2.31. The molecular formula is C11H13NO4S. The van der Waals surface area contributed by atoms with E-state index in [1.807, 2.05) is 0 Å². The van der Waals surface area contributed by atoms with Crippen molar-refractivity contribution >= 4 is 21.4 Å². The standard InChI is InChI=1S/C11H13NO4S/c1-11(2)10(14)12-9-7(6-13)4-3-5-8(9)17(11,15)16/h3-5,13H,6H2,1-2H3,(H,12,14). The predicted molar refractivity (Wildman–Crippen MR) is 62.3 cm³/mol. The van der Waals surface area contributed by atoms with E-state index < -0.39 is 20.5 Å². The smallest absolute Gasteiger partial charge is 0.245 e. The monoisotopic (exact) mass is 255 g/mol. The van der Waals surface area contributed by atoms with E-state index in [4.69, 9.17) is 5.11 Å². The molecule has 1 aromatic carbocycles. The quantitative estimate of drug-likeness (QED) is 0.773. The van der Waals surface area contributed by atoms with Crippen LogP contribution in [-0.4, -0.2) is 24.2 Å². The number of hydrogen-bond acceptors (Lipinski definition) is 4. The molecule has 1 aromatic rings. The summed E-state index contributed by atoms with van der Waals surface area (Å²) in [5, 5.41) is 11.7. The summed E-state index contributed by atoms with van der Waals surface area (Å²) in [5.74, 6) is -0.578. The fourth-order valence-electron chi connectivity index (χ4n) is 1.74. The molecule has 0 spiro atoms. The SMILES string of the molecule is CC1(C)C(=O)Nc2c(CO)cccc2S1(=O)=O. The van der Waals surface area contributed by atoms with Crippen molar-refractivity contribution in [3.63, 3.8) is 0 Å². The summed E-state index contributed by atoms with van der Waals surface area (Å²) in [4.78, 5) is 11.9. The highest BCUT2D eigenvalue weighted by molar-refractivity contribution is 7.94. The normalized spacial score (nSPS) is 20.5. The Morgan fingerprint density at radius 1 is 1.35 bits per heavy atom. The molecule has 5 nitrogen and oxygen atoms in total. The zero-order chi connectivity index (χ0) is 12.8. The van der Waals surface area contributed by atoms with Crippen LogP contribution in [0.4, 0.5) is 5.69 Å². The number of nitrogens with one attached hydrogen (secondary N) is 1. The second-order valence-electron chi connectivity index (χ2n) is 4.42. The van der Waals surface area contributed by atoms with Gasteiger partial charge in [-0.05, 0) is 19.9 Å². The second kappa shape index (κ2) is 3.54. The summed E-state index contributed by atoms with van der Waals surface area (Å²) in [7, 11) is -3.73. The van der Waals surface area contributed by atoms with Crippen molar-refractivity contribution in [2.24, 2.45) is 0 Å². The van der Waals surface area contributed by atoms with E-state index in [-0.39, 0.29) is 17.2 Å². The number of benzene rings is 1. The van der Waals surface area contributed by atoms with E-state index in [1.165, 1.54) is 19.9 Å². The molecule has 0 saturated heterocycles. The van der Waals surface area contributed by atoms with E-state index in [9.17, 15) is 13.2 Å². The van der Waals surface area contributed by atoms with Gasteiger partial charge < -0.3 is 10.4 Å². The van der Waals surface area contributed by atoms with E-state index in [1.54, 1.807) is 12.1 Å². The molecule has 0 fully saturated rings. The molecule has 6 heteroatoms. The van der Waals surface area contributed by atoms with Crippen molar-refractivity contribution in [3.05, 3.63) is 23.8 Å². The molecule has 0 atom stereocenters. The zero-order valence-corrected chi connectivity index (χ0v) is 10.3. The van der Waals surface area contributed by atoms with Crippen LogP contribution in [0, 0.1) is 0 Å². The molecule has 2 rings (SSSR count). The van der Waals surface area contributed by atoms with Gasteiger partial charge in [-0.3, -0.25) is 4.79 Å². The first-order valence-corrected chi connectivity index (χ1v) is 6.59. The number of aliphatic hydroxyl groups is 1. The third-order valence-electron chi connectivity index (χ3n) is 3.03. The van der Waals surface area contributed by atoms with Crippen molar-refractivity contribution in [1.82, 2.24) is 0 Å². The van der Waals surface area contributed by atoms with Gasteiger partial charge in [0.25, 0.3) is 0 Å². The minimum Gasteiger partial charge on any atom is -0.392 e. The molecule has 0 aliphatic carbocycles. The van der Waals surface area contributed by atoms with Crippen LogP contribution in [0.25, 0.3) is 0 Å². The minimum absolute atomic E-state index is 0.0636. The lowest BCUT2D eigenvalue weighted by Crippen LogP contribution is -2.48. The Labute approximate surface area is 99.4 Å². The first-order chi connectivity index (χ1) is 7.82. The number of hydrogen-bond donors (Lipinski definition) is 2. The topological polar surface area (TPSA) is 83.5 Å². The van der Waals surface area contributed by atoms with Gasteiger partial charge in [-0.2, -0.15) is 0 Å². The summed E-state index contributed by atoms with van der Waals surface area (Å²) in [6.45, 7) is 2.41. The molecule has 0 saturated carbocycles. The molecule has 1 amide bonds. The van der Waals surface area contributed by atoms with Gasteiger partial charge in [-0.1, -0.05) is 12.1 Å². The highest BCUT2D eigenvalue weighted by atomic mass is 32.2. The Balaban J connectivity index is 2.79. The van der Waals surface area contributed by atoms with Crippen molar-refractivity contribution in [1.29, 1.82) is 0 Å².